The second kappa shape index (κ2) is 10.3. The molecule has 0 aliphatic heterocycles. The third-order valence-corrected chi connectivity index (χ3v) is 4.82. The number of ether oxygens (including phenoxy) is 1. The number of para-hydroxylation sites is 1. The normalized spacial score (nSPS) is 10.2. The molecule has 3 rings (SSSR count). The predicted octanol–water partition coefficient (Wildman–Crippen LogP) is 5.10. The van der Waals surface area contributed by atoms with Gasteiger partial charge in [-0.1, -0.05) is 30.3 Å². The summed E-state index contributed by atoms with van der Waals surface area (Å²) in [5, 5.41) is 5.64. The van der Waals surface area contributed by atoms with Crippen molar-refractivity contribution in [3.05, 3.63) is 84.4 Å². The maximum atomic E-state index is 12.1. The van der Waals surface area contributed by atoms with Crippen LogP contribution in [0.4, 0.5) is 11.4 Å². The van der Waals surface area contributed by atoms with Crippen molar-refractivity contribution in [2.75, 3.05) is 22.1 Å². The molecular formula is C23H22N2O3S. The van der Waals surface area contributed by atoms with Crippen LogP contribution >= 0.6 is 11.8 Å². The van der Waals surface area contributed by atoms with Gasteiger partial charge in [0.05, 0.1) is 11.5 Å². The first-order chi connectivity index (χ1) is 14.1. The molecule has 2 amide bonds. The Bertz CT molecular complexity index is 959. The molecule has 5 nitrogen and oxygen atoms in total. The number of rotatable bonds is 8. The van der Waals surface area contributed by atoms with E-state index in [9.17, 15) is 9.59 Å². The third kappa shape index (κ3) is 7.01. The fourth-order valence-electron chi connectivity index (χ4n) is 2.58. The number of carbonyl (C=O) groups is 2. The van der Waals surface area contributed by atoms with Crippen molar-refractivity contribution in [1.82, 2.24) is 0 Å². The van der Waals surface area contributed by atoms with Crippen LogP contribution in [0.15, 0.2) is 78.9 Å². The zero-order chi connectivity index (χ0) is 20.5. The molecule has 3 aromatic rings. The van der Waals surface area contributed by atoms with Crippen LogP contribution < -0.4 is 15.4 Å². The number of anilines is 2. The number of thioether (sulfide) groups is 1. The summed E-state index contributed by atoms with van der Waals surface area (Å²) in [6, 6.07) is 24.3. The molecule has 0 saturated heterocycles. The lowest BCUT2D eigenvalue weighted by atomic mass is 10.2. The van der Waals surface area contributed by atoms with Gasteiger partial charge in [0.15, 0.2) is 0 Å². The number of carbonyl (C=O) groups excluding carboxylic acids is 2. The Hall–Kier alpha value is -3.25. The molecular weight excluding hydrogens is 384 g/mol. The molecule has 0 aliphatic carbocycles. The Labute approximate surface area is 174 Å². The molecule has 0 bridgehead atoms. The van der Waals surface area contributed by atoms with Gasteiger partial charge < -0.3 is 15.4 Å². The van der Waals surface area contributed by atoms with Crippen molar-refractivity contribution in [2.24, 2.45) is 0 Å². The minimum absolute atomic E-state index is 0.129. The molecule has 0 saturated carbocycles. The highest BCUT2D eigenvalue weighted by Gasteiger charge is 2.07. The van der Waals surface area contributed by atoms with Gasteiger partial charge in [-0.15, -0.1) is 11.8 Å². The maximum Gasteiger partial charge on any atom is 0.234 e. The molecule has 6 heteroatoms. The van der Waals surface area contributed by atoms with E-state index in [0.29, 0.717) is 11.4 Å². The molecule has 0 spiro atoms. The molecule has 0 heterocycles. The van der Waals surface area contributed by atoms with E-state index in [1.807, 2.05) is 61.5 Å². The maximum absolute atomic E-state index is 12.1. The van der Waals surface area contributed by atoms with Crippen molar-refractivity contribution in [3.63, 3.8) is 0 Å². The average molecular weight is 407 g/mol. The van der Waals surface area contributed by atoms with Crippen LogP contribution in [-0.2, 0) is 9.59 Å². The van der Waals surface area contributed by atoms with Crippen LogP contribution in [0.5, 0.6) is 11.5 Å². The first kappa shape index (κ1) is 20.5. The lowest BCUT2D eigenvalue weighted by Crippen LogP contribution is -2.18. The first-order valence-electron chi connectivity index (χ1n) is 9.15. The van der Waals surface area contributed by atoms with E-state index in [1.54, 1.807) is 24.3 Å². The van der Waals surface area contributed by atoms with Crippen molar-refractivity contribution in [2.45, 2.75) is 6.92 Å². The van der Waals surface area contributed by atoms with E-state index in [1.165, 1.54) is 11.8 Å². The van der Waals surface area contributed by atoms with Crippen LogP contribution in [0, 0.1) is 6.92 Å². The summed E-state index contributed by atoms with van der Waals surface area (Å²) in [7, 11) is 0. The van der Waals surface area contributed by atoms with E-state index >= 15 is 0 Å². The number of nitrogens with one attached hydrogen (secondary N) is 2. The third-order valence-electron chi connectivity index (χ3n) is 3.89. The fourth-order valence-corrected chi connectivity index (χ4v) is 3.20. The predicted molar refractivity (Wildman–Crippen MR) is 119 cm³/mol. The standard InChI is InChI=1S/C23H22N2O3S/c1-17-6-5-7-19(14-17)25-23(27)16-29-15-22(26)24-18-10-12-21(13-11-18)28-20-8-3-2-4-9-20/h2-14H,15-16H2,1H3,(H,24,26)(H,25,27). The van der Waals surface area contributed by atoms with Crippen molar-refractivity contribution >= 4 is 35.0 Å². The molecule has 148 valence electrons. The highest BCUT2D eigenvalue weighted by atomic mass is 32.2. The number of hydrogen-bond acceptors (Lipinski definition) is 4. The van der Waals surface area contributed by atoms with E-state index < -0.39 is 0 Å². The van der Waals surface area contributed by atoms with Gasteiger partial charge in [-0.2, -0.15) is 0 Å². The fraction of sp³-hybridized carbons (Fsp3) is 0.130. The van der Waals surface area contributed by atoms with Gasteiger partial charge in [0.2, 0.25) is 11.8 Å². The summed E-state index contributed by atoms with van der Waals surface area (Å²) in [5.74, 6) is 1.57. The molecule has 0 aliphatic rings. The Kier molecular flexibility index (Phi) is 7.30. The summed E-state index contributed by atoms with van der Waals surface area (Å²) in [5.41, 5.74) is 2.52. The lowest BCUT2D eigenvalue weighted by Gasteiger charge is -2.08. The summed E-state index contributed by atoms with van der Waals surface area (Å²) in [6.45, 7) is 1.97. The second-order valence-corrected chi connectivity index (χ2v) is 7.38. The Morgan fingerprint density at radius 1 is 0.759 bits per heavy atom. The number of amides is 2. The van der Waals surface area contributed by atoms with Crippen LogP contribution in [0.1, 0.15) is 5.56 Å². The molecule has 29 heavy (non-hydrogen) atoms. The molecule has 2 N–H and O–H groups in total. The molecule has 0 atom stereocenters. The van der Waals surface area contributed by atoms with E-state index in [4.69, 9.17) is 4.74 Å². The van der Waals surface area contributed by atoms with Gasteiger partial charge in [0, 0.05) is 11.4 Å². The van der Waals surface area contributed by atoms with Gasteiger partial charge in [-0.05, 0) is 61.0 Å². The zero-order valence-corrected chi connectivity index (χ0v) is 16.9. The van der Waals surface area contributed by atoms with Crippen molar-refractivity contribution < 1.29 is 14.3 Å². The van der Waals surface area contributed by atoms with E-state index in [-0.39, 0.29) is 23.3 Å². The quantitative estimate of drug-likeness (QED) is 0.546. The minimum Gasteiger partial charge on any atom is -0.457 e. The highest BCUT2D eigenvalue weighted by molar-refractivity contribution is 8.00. The largest absolute Gasteiger partial charge is 0.457 e. The topological polar surface area (TPSA) is 67.4 Å². The zero-order valence-electron chi connectivity index (χ0n) is 16.1. The summed E-state index contributed by atoms with van der Waals surface area (Å²) in [6.07, 6.45) is 0. The number of aryl methyl sites for hydroxylation is 1. The van der Waals surface area contributed by atoms with Gasteiger partial charge in [-0.25, -0.2) is 0 Å². The summed E-state index contributed by atoms with van der Waals surface area (Å²) >= 11 is 1.27. The van der Waals surface area contributed by atoms with Gasteiger partial charge in [0.25, 0.3) is 0 Å². The SMILES string of the molecule is Cc1cccc(NC(=O)CSCC(=O)Nc2ccc(Oc3ccccc3)cc2)c1. The van der Waals surface area contributed by atoms with Crippen LogP contribution in [0.25, 0.3) is 0 Å². The van der Waals surface area contributed by atoms with Crippen molar-refractivity contribution in [3.8, 4) is 11.5 Å². The second-order valence-electron chi connectivity index (χ2n) is 6.40. The van der Waals surface area contributed by atoms with Gasteiger partial charge in [0.1, 0.15) is 11.5 Å². The van der Waals surface area contributed by atoms with Crippen LogP contribution in [0.3, 0.4) is 0 Å². The number of hydrogen-bond donors (Lipinski definition) is 2. The Morgan fingerprint density at radius 2 is 1.38 bits per heavy atom. The molecule has 3 aromatic carbocycles. The van der Waals surface area contributed by atoms with Crippen molar-refractivity contribution in [1.29, 1.82) is 0 Å². The van der Waals surface area contributed by atoms with Gasteiger partial charge in [-0.3, -0.25) is 9.59 Å². The Balaban J connectivity index is 1.39. The monoisotopic (exact) mass is 406 g/mol. The summed E-state index contributed by atoms with van der Waals surface area (Å²) in [4.78, 5) is 24.1. The molecule has 0 fully saturated rings. The Morgan fingerprint density at radius 3 is 2.03 bits per heavy atom. The lowest BCUT2D eigenvalue weighted by molar-refractivity contribution is -0.114. The smallest absolute Gasteiger partial charge is 0.234 e. The number of benzene rings is 3. The first-order valence-corrected chi connectivity index (χ1v) is 10.3. The molecule has 0 aromatic heterocycles. The summed E-state index contributed by atoms with van der Waals surface area (Å²) < 4.78 is 5.72. The van der Waals surface area contributed by atoms with Crippen LogP contribution in [-0.4, -0.2) is 23.3 Å². The minimum atomic E-state index is -0.157. The van der Waals surface area contributed by atoms with E-state index in [2.05, 4.69) is 10.6 Å². The highest BCUT2D eigenvalue weighted by Crippen LogP contribution is 2.22. The van der Waals surface area contributed by atoms with E-state index in [0.717, 1.165) is 17.0 Å². The van der Waals surface area contributed by atoms with Gasteiger partial charge >= 0.3 is 0 Å². The van der Waals surface area contributed by atoms with Crippen LogP contribution in [0.2, 0.25) is 0 Å². The average Bonchev–Trinajstić information content (AvgIpc) is 2.70. The molecule has 0 unspecified atom stereocenters. The molecule has 0 radical (unpaired) electrons.